The third-order valence-electron chi connectivity index (χ3n) is 2.29. The fraction of sp³-hybridized carbons (Fsp3) is 0.909. The van der Waals surface area contributed by atoms with Crippen molar-refractivity contribution < 1.29 is 4.74 Å². The molecular weight excluding hydrogens is 162 g/mol. The number of nitrogens with zero attached hydrogens (tertiary/aromatic N) is 1. The molecule has 1 unspecified atom stereocenters. The van der Waals surface area contributed by atoms with Gasteiger partial charge in [-0.15, -0.1) is 0 Å². The highest BCUT2D eigenvalue weighted by Gasteiger charge is 2.34. The van der Waals surface area contributed by atoms with Crippen LogP contribution in [0.4, 0.5) is 0 Å². The van der Waals surface area contributed by atoms with Crippen LogP contribution in [0.15, 0.2) is 4.99 Å². The predicted molar refractivity (Wildman–Crippen MR) is 56.1 cm³/mol. The second-order valence-corrected chi connectivity index (χ2v) is 5.88. The molecule has 0 aliphatic carbocycles. The van der Waals surface area contributed by atoms with Crippen LogP contribution in [-0.4, -0.2) is 18.5 Å². The molecule has 0 aromatic rings. The van der Waals surface area contributed by atoms with E-state index in [0.717, 1.165) is 12.5 Å². The zero-order valence-electron chi connectivity index (χ0n) is 9.64. The number of ether oxygens (including phenoxy) is 1. The Bertz CT molecular complexity index is 217. The maximum Gasteiger partial charge on any atom is 0.189 e. The van der Waals surface area contributed by atoms with E-state index in [1.54, 1.807) is 0 Å². The Morgan fingerprint density at radius 1 is 1.15 bits per heavy atom. The van der Waals surface area contributed by atoms with E-state index in [4.69, 9.17) is 4.74 Å². The molecule has 0 aromatic carbocycles. The first-order chi connectivity index (χ1) is 5.71. The fourth-order valence-corrected chi connectivity index (χ4v) is 1.23. The Balaban J connectivity index is 2.76. The van der Waals surface area contributed by atoms with Gasteiger partial charge < -0.3 is 4.74 Å². The minimum Gasteiger partial charge on any atom is -0.478 e. The standard InChI is InChI=1S/C11H21NO/c1-10(2,3)8-7-13-9(12-8)11(4,5)6/h8H,7H2,1-6H3. The highest BCUT2D eigenvalue weighted by Crippen LogP contribution is 2.30. The quantitative estimate of drug-likeness (QED) is 0.566. The average molecular weight is 183 g/mol. The predicted octanol–water partition coefficient (Wildman–Crippen LogP) is 2.88. The molecule has 0 radical (unpaired) electrons. The van der Waals surface area contributed by atoms with Crippen molar-refractivity contribution in [3.63, 3.8) is 0 Å². The summed E-state index contributed by atoms with van der Waals surface area (Å²) in [6.07, 6.45) is 0. The minimum absolute atomic E-state index is 0.0556. The second kappa shape index (κ2) is 3.00. The van der Waals surface area contributed by atoms with Gasteiger partial charge >= 0.3 is 0 Å². The van der Waals surface area contributed by atoms with Gasteiger partial charge in [0.2, 0.25) is 0 Å². The van der Waals surface area contributed by atoms with Crippen LogP contribution in [0.1, 0.15) is 41.5 Å². The molecule has 0 fully saturated rings. The lowest BCUT2D eigenvalue weighted by Gasteiger charge is -2.22. The van der Waals surface area contributed by atoms with E-state index < -0.39 is 0 Å². The Morgan fingerprint density at radius 2 is 1.69 bits per heavy atom. The fourth-order valence-electron chi connectivity index (χ4n) is 1.23. The second-order valence-electron chi connectivity index (χ2n) is 5.88. The van der Waals surface area contributed by atoms with Crippen molar-refractivity contribution in [1.82, 2.24) is 0 Å². The smallest absolute Gasteiger partial charge is 0.189 e. The van der Waals surface area contributed by atoms with E-state index in [1.807, 2.05) is 0 Å². The van der Waals surface area contributed by atoms with E-state index in [0.29, 0.717) is 6.04 Å². The maximum absolute atomic E-state index is 5.61. The highest BCUT2D eigenvalue weighted by atomic mass is 16.5. The normalized spacial score (nSPS) is 24.2. The lowest BCUT2D eigenvalue weighted by molar-refractivity contribution is 0.223. The van der Waals surface area contributed by atoms with Gasteiger partial charge in [-0.1, -0.05) is 41.5 Å². The summed E-state index contributed by atoms with van der Waals surface area (Å²) in [5.74, 6) is 0.910. The Morgan fingerprint density at radius 3 is 1.92 bits per heavy atom. The van der Waals surface area contributed by atoms with Gasteiger partial charge in [-0.25, -0.2) is 4.99 Å². The summed E-state index contributed by atoms with van der Waals surface area (Å²) in [7, 11) is 0. The van der Waals surface area contributed by atoms with Crippen LogP contribution >= 0.6 is 0 Å². The molecule has 2 nitrogen and oxygen atoms in total. The van der Waals surface area contributed by atoms with E-state index in [1.165, 1.54) is 0 Å². The van der Waals surface area contributed by atoms with E-state index in [2.05, 4.69) is 46.5 Å². The molecule has 1 aliphatic heterocycles. The molecule has 1 aliphatic rings. The number of hydrogen-bond acceptors (Lipinski definition) is 2. The van der Waals surface area contributed by atoms with Crippen LogP contribution in [0.3, 0.4) is 0 Å². The first kappa shape index (κ1) is 10.6. The van der Waals surface area contributed by atoms with Crippen LogP contribution in [0.2, 0.25) is 0 Å². The van der Waals surface area contributed by atoms with E-state index in [9.17, 15) is 0 Å². The molecule has 1 rings (SSSR count). The van der Waals surface area contributed by atoms with Gasteiger partial charge in [-0.2, -0.15) is 0 Å². The first-order valence-electron chi connectivity index (χ1n) is 4.92. The van der Waals surface area contributed by atoms with Gasteiger partial charge in [0.1, 0.15) is 6.61 Å². The van der Waals surface area contributed by atoms with Crippen molar-refractivity contribution in [2.24, 2.45) is 15.8 Å². The van der Waals surface area contributed by atoms with Crippen LogP contribution in [0, 0.1) is 10.8 Å². The van der Waals surface area contributed by atoms with Crippen LogP contribution < -0.4 is 0 Å². The molecule has 0 amide bonds. The van der Waals surface area contributed by atoms with Crippen molar-refractivity contribution in [2.75, 3.05) is 6.61 Å². The van der Waals surface area contributed by atoms with Crippen LogP contribution in [-0.2, 0) is 4.74 Å². The SMILES string of the molecule is CC(C)(C)C1=NC(C(C)(C)C)CO1. The van der Waals surface area contributed by atoms with Gasteiger partial charge in [-0.3, -0.25) is 0 Å². The van der Waals surface area contributed by atoms with Crippen LogP contribution in [0.25, 0.3) is 0 Å². The third-order valence-corrected chi connectivity index (χ3v) is 2.29. The average Bonchev–Trinajstić information content (AvgIpc) is 2.28. The van der Waals surface area contributed by atoms with Crippen molar-refractivity contribution >= 4 is 5.90 Å². The molecule has 76 valence electrons. The number of aliphatic imine (C=N–C) groups is 1. The number of hydrogen-bond donors (Lipinski definition) is 0. The van der Waals surface area contributed by atoms with E-state index in [-0.39, 0.29) is 10.8 Å². The topological polar surface area (TPSA) is 21.6 Å². The minimum atomic E-state index is 0.0556. The summed E-state index contributed by atoms with van der Waals surface area (Å²) in [4.78, 5) is 4.62. The maximum atomic E-state index is 5.61. The van der Waals surface area contributed by atoms with Crippen LogP contribution in [0.5, 0.6) is 0 Å². The molecule has 0 bridgehead atoms. The molecule has 1 heterocycles. The summed E-state index contributed by atoms with van der Waals surface area (Å²) in [6.45, 7) is 13.8. The Kier molecular flexibility index (Phi) is 2.44. The van der Waals surface area contributed by atoms with Gasteiger partial charge in [0.15, 0.2) is 5.90 Å². The van der Waals surface area contributed by atoms with Gasteiger partial charge in [0, 0.05) is 5.41 Å². The summed E-state index contributed by atoms with van der Waals surface area (Å²) < 4.78 is 5.61. The molecule has 13 heavy (non-hydrogen) atoms. The zero-order valence-corrected chi connectivity index (χ0v) is 9.64. The summed E-state index contributed by atoms with van der Waals surface area (Å²) in [5, 5.41) is 0. The van der Waals surface area contributed by atoms with Crippen molar-refractivity contribution in [3.05, 3.63) is 0 Å². The van der Waals surface area contributed by atoms with E-state index >= 15 is 0 Å². The Hall–Kier alpha value is -0.530. The third kappa shape index (κ3) is 2.45. The molecule has 0 saturated heterocycles. The molecular formula is C11H21NO. The summed E-state index contributed by atoms with van der Waals surface area (Å²) in [5.41, 5.74) is 0.271. The van der Waals surface area contributed by atoms with Gasteiger partial charge in [0.25, 0.3) is 0 Å². The molecule has 0 spiro atoms. The molecule has 0 aromatic heterocycles. The van der Waals surface area contributed by atoms with Gasteiger partial charge in [-0.05, 0) is 5.41 Å². The van der Waals surface area contributed by atoms with Crippen molar-refractivity contribution in [2.45, 2.75) is 47.6 Å². The van der Waals surface area contributed by atoms with Crippen molar-refractivity contribution in [3.8, 4) is 0 Å². The zero-order chi connectivity index (χ0) is 10.3. The molecule has 2 heteroatoms. The van der Waals surface area contributed by atoms with Crippen molar-refractivity contribution in [1.29, 1.82) is 0 Å². The molecule has 0 N–H and O–H groups in total. The Labute approximate surface area is 81.4 Å². The monoisotopic (exact) mass is 183 g/mol. The lowest BCUT2D eigenvalue weighted by Crippen LogP contribution is -2.25. The van der Waals surface area contributed by atoms with Gasteiger partial charge in [0.05, 0.1) is 6.04 Å². The lowest BCUT2D eigenvalue weighted by atomic mass is 9.88. The largest absolute Gasteiger partial charge is 0.478 e. The molecule has 0 saturated carbocycles. The summed E-state index contributed by atoms with van der Waals surface area (Å²) in [6, 6.07) is 0.321. The summed E-state index contributed by atoms with van der Waals surface area (Å²) >= 11 is 0. The first-order valence-corrected chi connectivity index (χ1v) is 4.92. The number of rotatable bonds is 0. The highest BCUT2D eigenvalue weighted by molar-refractivity contribution is 5.82. The molecule has 1 atom stereocenters.